The summed E-state index contributed by atoms with van der Waals surface area (Å²) in [7, 11) is -3.15. The molecular weight excluding hydrogens is 362 g/mol. The highest BCUT2D eigenvalue weighted by Gasteiger charge is 2.32. The van der Waals surface area contributed by atoms with Crippen LogP contribution in [0, 0.1) is 11.8 Å². The van der Waals surface area contributed by atoms with Gasteiger partial charge in [0, 0.05) is 19.6 Å². The molecule has 2 aliphatic heterocycles. The second-order valence-corrected chi connectivity index (χ2v) is 9.70. The van der Waals surface area contributed by atoms with Gasteiger partial charge in [0.05, 0.1) is 11.8 Å². The fourth-order valence-electron chi connectivity index (χ4n) is 4.30. The number of amides is 1. The van der Waals surface area contributed by atoms with E-state index in [1.165, 1.54) is 12.8 Å². The summed E-state index contributed by atoms with van der Waals surface area (Å²) in [6.45, 7) is 2.71. The first-order chi connectivity index (χ1) is 11.5. The van der Waals surface area contributed by atoms with Gasteiger partial charge in [-0.2, -0.15) is 0 Å². The lowest BCUT2D eigenvalue weighted by atomic mass is 9.99. The number of rotatable bonds is 6. The van der Waals surface area contributed by atoms with E-state index in [4.69, 9.17) is 0 Å². The smallest absolute Gasteiger partial charge is 0.237 e. The summed E-state index contributed by atoms with van der Waals surface area (Å²) in [6, 6.07) is -0.0595. The lowest BCUT2D eigenvalue weighted by molar-refractivity contribution is -0.123. The van der Waals surface area contributed by atoms with Crippen LogP contribution < -0.4 is 10.6 Å². The molecule has 6 nitrogen and oxygen atoms in total. The van der Waals surface area contributed by atoms with Gasteiger partial charge in [-0.1, -0.05) is 12.8 Å². The van der Waals surface area contributed by atoms with E-state index in [1.54, 1.807) is 4.31 Å². The maximum Gasteiger partial charge on any atom is 0.237 e. The van der Waals surface area contributed by atoms with E-state index in [0.29, 0.717) is 31.3 Å². The van der Waals surface area contributed by atoms with Gasteiger partial charge in [0.25, 0.3) is 0 Å². The molecule has 0 aromatic rings. The second-order valence-electron chi connectivity index (χ2n) is 7.69. The molecule has 3 rings (SSSR count). The molecule has 0 radical (unpaired) electrons. The van der Waals surface area contributed by atoms with Gasteiger partial charge in [0.1, 0.15) is 0 Å². The number of hydrogen-bond donors (Lipinski definition) is 2. The predicted molar refractivity (Wildman–Crippen MR) is 101 cm³/mol. The maximum atomic E-state index is 12.7. The SMILES string of the molecule is Cl.O=C(NCC1CCCN(S(=O)(=O)CC2CCCC2)C1)C1CCCN1. The van der Waals surface area contributed by atoms with Crippen LogP contribution in [0.5, 0.6) is 0 Å². The molecule has 3 aliphatic rings. The largest absolute Gasteiger partial charge is 0.354 e. The molecule has 2 atom stereocenters. The van der Waals surface area contributed by atoms with Crippen LogP contribution in [0.3, 0.4) is 0 Å². The number of carbonyl (C=O) groups excluding carboxylic acids is 1. The third kappa shape index (κ3) is 5.81. The summed E-state index contributed by atoms with van der Waals surface area (Å²) >= 11 is 0. The highest BCUT2D eigenvalue weighted by Crippen LogP contribution is 2.28. The first-order valence-electron chi connectivity index (χ1n) is 9.53. The van der Waals surface area contributed by atoms with Crippen molar-refractivity contribution in [2.45, 2.75) is 57.4 Å². The Morgan fingerprint density at radius 3 is 2.44 bits per heavy atom. The number of halogens is 1. The molecule has 2 saturated heterocycles. The van der Waals surface area contributed by atoms with Crippen molar-refractivity contribution in [3.63, 3.8) is 0 Å². The van der Waals surface area contributed by atoms with Crippen molar-refractivity contribution in [2.24, 2.45) is 11.8 Å². The minimum Gasteiger partial charge on any atom is -0.354 e. The molecule has 8 heteroatoms. The third-order valence-corrected chi connectivity index (χ3v) is 7.75. The van der Waals surface area contributed by atoms with Crippen LogP contribution in [0.2, 0.25) is 0 Å². The minimum atomic E-state index is -3.15. The molecule has 2 N–H and O–H groups in total. The third-order valence-electron chi connectivity index (χ3n) is 5.74. The van der Waals surface area contributed by atoms with E-state index < -0.39 is 10.0 Å². The molecule has 1 saturated carbocycles. The van der Waals surface area contributed by atoms with Crippen LogP contribution in [0.4, 0.5) is 0 Å². The zero-order valence-corrected chi connectivity index (χ0v) is 16.5. The van der Waals surface area contributed by atoms with Gasteiger partial charge in [-0.3, -0.25) is 4.79 Å². The number of sulfonamides is 1. The fraction of sp³-hybridized carbons (Fsp3) is 0.941. The van der Waals surface area contributed by atoms with Crippen molar-refractivity contribution < 1.29 is 13.2 Å². The van der Waals surface area contributed by atoms with E-state index in [-0.39, 0.29) is 30.3 Å². The first-order valence-corrected chi connectivity index (χ1v) is 11.1. The van der Waals surface area contributed by atoms with Crippen LogP contribution in [0.15, 0.2) is 0 Å². The molecule has 1 amide bonds. The van der Waals surface area contributed by atoms with Crippen LogP contribution in [-0.4, -0.2) is 56.6 Å². The molecule has 3 fully saturated rings. The topological polar surface area (TPSA) is 78.5 Å². The lowest BCUT2D eigenvalue weighted by Crippen LogP contribution is -2.47. The number of nitrogens with one attached hydrogen (secondary N) is 2. The van der Waals surface area contributed by atoms with Crippen LogP contribution in [-0.2, 0) is 14.8 Å². The summed E-state index contributed by atoms with van der Waals surface area (Å²) in [5.41, 5.74) is 0. The first kappa shape index (κ1) is 20.9. The van der Waals surface area contributed by atoms with Crippen molar-refractivity contribution >= 4 is 28.3 Å². The standard InChI is InChI=1S/C17H31N3O3S.ClH/c21-17(16-8-3-9-18-16)19-11-15-7-4-10-20(12-15)24(22,23)13-14-5-1-2-6-14;/h14-16,18H,1-13H2,(H,19,21);1H. The quantitative estimate of drug-likeness (QED) is 0.716. The number of carbonyl (C=O) groups is 1. The predicted octanol–water partition coefficient (Wildman–Crippen LogP) is 1.51. The number of nitrogens with zero attached hydrogens (tertiary/aromatic N) is 1. The number of hydrogen-bond acceptors (Lipinski definition) is 4. The summed E-state index contributed by atoms with van der Waals surface area (Å²) in [5, 5.41) is 6.22. The second kappa shape index (κ2) is 9.53. The highest BCUT2D eigenvalue weighted by atomic mass is 35.5. The van der Waals surface area contributed by atoms with Gasteiger partial charge in [-0.25, -0.2) is 12.7 Å². The zero-order chi connectivity index (χ0) is 17.0. The van der Waals surface area contributed by atoms with E-state index in [0.717, 1.165) is 45.1 Å². The molecular formula is C17H32ClN3O3S. The Morgan fingerprint density at radius 1 is 1.04 bits per heavy atom. The lowest BCUT2D eigenvalue weighted by Gasteiger charge is -2.32. The van der Waals surface area contributed by atoms with Crippen molar-refractivity contribution in [3.8, 4) is 0 Å². The average Bonchev–Trinajstić information content (AvgIpc) is 3.26. The minimum absolute atomic E-state index is 0. The average molecular weight is 394 g/mol. The molecule has 0 aromatic heterocycles. The molecule has 25 heavy (non-hydrogen) atoms. The number of piperidine rings is 1. The van der Waals surface area contributed by atoms with Gasteiger partial charge < -0.3 is 10.6 Å². The monoisotopic (exact) mass is 393 g/mol. The zero-order valence-electron chi connectivity index (χ0n) is 14.9. The van der Waals surface area contributed by atoms with Crippen LogP contribution in [0.1, 0.15) is 51.4 Å². The molecule has 146 valence electrons. The Bertz CT molecular complexity index is 531. The van der Waals surface area contributed by atoms with Crippen molar-refractivity contribution in [2.75, 3.05) is 31.9 Å². The molecule has 1 aliphatic carbocycles. The molecule has 0 aromatic carbocycles. The van der Waals surface area contributed by atoms with Crippen LogP contribution >= 0.6 is 12.4 Å². The molecule has 0 spiro atoms. The van der Waals surface area contributed by atoms with Crippen molar-refractivity contribution in [1.82, 2.24) is 14.9 Å². The highest BCUT2D eigenvalue weighted by molar-refractivity contribution is 7.89. The summed E-state index contributed by atoms with van der Waals surface area (Å²) in [4.78, 5) is 12.1. The normalized spacial score (nSPS) is 28.6. The molecule has 2 unspecified atom stereocenters. The van der Waals surface area contributed by atoms with E-state index in [9.17, 15) is 13.2 Å². The Balaban J connectivity index is 0.00000225. The van der Waals surface area contributed by atoms with E-state index in [1.807, 2.05) is 0 Å². The van der Waals surface area contributed by atoms with Gasteiger partial charge in [0.2, 0.25) is 15.9 Å². The Morgan fingerprint density at radius 2 is 1.76 bits per heavy atom. The fourth-order valence-corrected chi connectivity index (χ4v) is 6.29. The van der Waals surface area contributed by atoms with E-state index >= 15 is 0 Å². The Labute approximate surface area is 157 Å². The maximum absolute atomic E-state index is 12.7. The van der Waals surface area contributed by atoms with Gasteiger partial charge in [0.15, 0.2) is 0 Å². The molecule has 2 heterocycles. The Kier molecular flexibility index (Phi) is 7.98. The Hall–Kier alpha value is -0.370. The van der Waals surface area contributed by atoms with Gasteiger partial charge in [-0.05, 0) is 56.9 Å². The van der Waals surface area contributed by atoms with Crippen LogP contribution in [0.25, 0.3) is 0 Å². The summed E-state index contributed by atoms with van der Waals surface area (Å²) < 4.78 is 27.0. The van der Waals surface area contributed by atoms with Gasteiger partial charge >= 0.3 is 0 Å². The molecule has 0 bridgehead atoms. The summed E-state index contributed by atoms with van der Waals surface area (Å²) in [6.07, 6.45) is 8.29. The van der Waals surface area contributed by atoms with E-state index in [2.05, 4.69) is 10.6 Å². The summed E-state index contributed by atoms with van der Waals surface area (Å²) in [5.74, 6) is 0.974. The van der Waals surface area contributed by atoms with Crippen molar-refractivity contribution in [1.29, 1.82) is 0 Å². The van der Waals surface area contributed by atoms with Crippen molar-refractivity contribution in [3.05, 3.63) is 0 Å². The van der Waals surface area contributed by atoms with Gasteiger partial charge in [-0.15, -0.1) is 12.4 Å².